The lowest BCUT2D eigenvalue weighted by Crippen LogP contribution is -2.03. The van der Waals surface area contributed by atoms with Gasteiger partial charge in [0.15, 0.2) is 0 Å². The first-order valence-electron chi connectivity index (χ1n) is 21.9. The van der Waals surface area contributed by atoms with Crippen LogP contribution in [0.1, 0.15) is 17.5 Å². The minimum Gasteiger partial charge on any atom is -0.507 e. The topological polar surface area (TPSA) is 20.2 Å². The molecule has 0 radical (unpaired) electrons. The van der Waals surface area contributed by atoms with E-state index in [0.29, 0.717) is 0 Å². The number of rotatable bonds is 6. The van der Waals surface area contributed by atoms with Gasteiger partial charge in [0.25, 0.3) is 0 Å². The van der Waals surface area contributed by atoms with Crippen LogP contribution in [-0.4, -0.2) is 5.11 Å². The first-order chi connectivity index (χ1) is 31.2. The molecule has 0 saturated carbocycles. The van der Waals surface area contributed by atoms with Gasteiger partial charge in [-0.25, -0.2) is 0 Å². The Bertz CT molecular complexity index is 3550. The van der Waals surface area contributed by atoms with Gasteiger partial charge in [-0.05, 0) is 165 Å². The number of allylic oxidation sites excluding steroid dienone is 1. The van der Waals surface area contributed by atoms with Crippen LogP contribution in [-0.2, 0) is 6.42 Å². The van der Waals surface area contributed by atoms with Gasteiger partial charge in [-0.1, -0.05) is 188 Å². The Labute approximate surface area is 367 Å². The summed E-state index contributed by atoms with van der Waals surface area (Å²) in [4.78, 5) is 0. The van der Waals surface area contributed by atoms with Gasteiger partial charge in [0.05, 0.1) is 0 Å². The summed E-state index contributed by atoms with van der Waals surface area (Å²) < 4.78 is 0. The number of hydrogen-bond donors (Lipinski definition) is 1. The first kappa shape index (κ1) is 36.8. The highest BCUT2D eigenvalue weighted by Gasteiger charge is 2.24. The van der Waals surface area contributed by atoms with E-state index in [0.717, 1.165) is 51.8 Å². The van der Waals surface area contributed by atoms with E-state index in [1.807, 2.05) is 18.2 Å². The molecule has 1 nitrogen and oxygen atoms in total. The molecule has 63 heavy (non-hydrogen) atoms. The fourth-order valence-corrected chi connectivity index (χ4v) is 10.4. The second-order valence-corrected chi connectivity index (χ2v) is 16.8. The molecule has 0 heterocycles. The van der Waals surface area contributed by atoms with E-state index in [2.05, 4.69) is 200 Å². The van der Waals surface area contributed by atoms with E-state index in [1.54, 1.807) is 6.07 Å². The van der Waals surface area contributed by atoms with Crippen molar-refractivity contribution in [2.24, 2.45) is 0 Å². The Morgan fingerprint density at radius 3 is 1.62 bits per heavy atom. The normalized spacial score (nSPS) is 12.3. The van der Waals surface area contributed by atoms with Crippen LogP contribution in [0.25, 0.3) is 116 Å². The first-order valence-corrected chi connectivity index (χ1v) is 21.9. The molecule has 0 atom stereocenters. The average Bonchev–Trinajstić information content (AvgIpc) is 3.35. The van der Waals surface area contributed by atoms with Crippen LogP contribution in [0.15, 0.2) is 218 Å². The van der Waals surface area contributed by atoms with Gasteiger partial charge in [0.2, 0.25) is 0 Å². The maximum Gasteiger partial charge on any atom is 0.123 e. The Hall–Kier alpha value is -8.00. The second-order valence-electron chi connectivity index (χ2n) is 16.8. The smallest absolute Gasteiger partial charge is 0.123 e. The predicted molar refractivity (Wildman–Crippen MR) is 268 cm³/mol. The lowest BCUT2D eigenvalue weighted by Gasteiger charge is -2.25. The Morgan fingerprint density at radius 1 is 0.317 bits per heavy atom. The molecule has 0 aromatic heterocycles. The van der Waals surface area contributed by atoms with Gasteiger partial charge < -0.3 is 5.11 Å². The molecular formula is C62H42O. The quantitative estimate of drug-likeness (QED) is 0.131. The van der Waals surface area contributed by atoms with Crippen molar-refractivity contribution in [3.8, 4) is 72.5 Å². The van der Waals surface area contributed by atoms with Crippen molar-refractivity contribution < 1.29 is 5.11 Å². The predicted octanol–water partition coefficient (Wildman–Crippen LogP) is 17.0. The lowest BCUT2D eigenvalue weighted by molar-refractivity contribution is 0.477. The molecule has 11 aromatic carbocycles. The fourth-order valence-electron chi connectivity index (χ4n) is 10.4. The van der Waals surface area contributed by atoms with Crippen molar-refractivity contribution in [1.29, 1.82) is 0 Å². The van der Waals surface area contributed by atoms with Crippen LogP contribution in [0.2, 0.25) is 0 Å². The zero-order valence-corrected chi connectivity index (χ0v) is 34.7. The standard InChI is InChI=1S/C62H42O/c63-59-32-14-13-25-48(59)47-38-57(40-17-3-1-4-18-40)61(58(39-47)41-19-5-2-6-20-41)46-24-15-23-45(36-46)60-52-26-9-11-28-54(52)62(55-29-12-10-27-53(55)60)51-31-16-30-49-50(51)34-33-44-35-42-21-7-8-22-43(42)37-56(44)49/h1-9,11-26,28-39,63H,10,27H2. The largest absolute Gasteiger partial charge is 0.507 e. The fraction of sp³-hybridized carbons (Fsp3) is 0.0323. The van der Waals surface area contributed by atoms with Gasteiger partial charge in [0, 0.05) is 5.56 Å². The van der Waals surface area contributed by atoms with Gasteiger partial charge >= 0.3 is 0 Å². The van der Waals surface area contributed by atoms with Crippen molar-refractivity contribution in [3.05, 3.63) is 230 Å². The maximum absolute atomic E-state index is 11.1. The summed E-state index contributed by atoms with van der Waals surface area (Å²) in [5.41, 5.74) is 16.4. The Balaban J connectivity index is 1.10. The van der Waals surface area contributed by atoms with E-state index in [9.17, 15) is 5.11 Å². The second kappa shape index (κ2) is 15.2. The zero-order chi connectivity index (χ0) is 41.9. The minimum atomic E-state index is 0.268. The van der Waals surface area contributed by atoms with Crippen LogP contribution < -0.4 is 0 Å². The van der Waals surface area contributed by atoms with Crippen molar-refractivity contribution in [1.82, 2.24) is 0 Å². The van der Waals surface area contributed by atoms with E-state index in [4.69, 9.17) is 0 Å². The van der Waals surface area contributed by atoms with Crippen LogP contribution >= 0.6 is 0 Å². The van der Waals surface area contributed by atoms with E-state index < -0.39 is 0 Å². The SMILES string of the molecule is Oc1ccccc1-c1cc(-c2ccccc2)c(-c2cccc(-c3c4c(c(-c5cccc6c5ccc5cc7ccccc7cc56)c5ccccc35)C=CCC4)c2)c(-c2ccccc2)c1. The molecular weight excluding hydrogens is 761 g/mol. The molecule has 1 aliphatic carbocycles. The maximum atomic E-state index is 11.1. The van der Waals surface area contributed by atoms with Crippen molar-refractivity contribution >= 4 is 49.2 Å². The highest BCUT2D eigenvalue weighted by molar-refractivity contribution is 6.19. The van der Waals surface area contributed by atoms with Gasteiger partial charge in [0.1, 0.15) is 5.75 Å². The molecule has 296 valence electrons. The Kier molecular flexibility index (Phi) is 8.86. The van der Waals surface area contributed by atoms with Crippen molar-refractivity contribution in [2.75, 3.05) is 0 Å². The van der Waals surface area contributed by atoms with Gasteiger partial charge in [-0.15, -0.1) is 0 Å². The number of benzene rings is 11. The summed E-state index contributed by atoms with van der Waals surface area (Å²) in [7, 11) is 0. The van der Waals surface area contributed by atoms with Gasteiger partial charge in [-0.3, -0.25) is 0 Å². The highest BCUT2D eigenvalue weighted by atomic mass is 16.3. The third kappa shape index (κ3) is 6.24. The molecule has 0 spiro atoms. The third-order valence-electron chi connectivity index (χ3n) is 13.2. The summed E-state index contributed by atoms with van der Waals surface area (Å²) in [6.45, 7) is 0. The number of phenolic OH excluding ortho intramolecular Hbond substituents is 1. The lowest BCUT2D eigenvalue weighted by atomic mass is 9.78. The van der Waals surface area contributed by atoms with E-state index in [-0.39, 0.29) is 5.75 Å². The molecule has 12 rings (SSSR count). The van der Waals surface area contributed by atoms with E-state index >= 15 is 0 Å². The zero-order valence-electron chi connectivity index (χ0n) is 34.7. The van der Waals surface area contributed by atoms with Crippen LogP contribution in [0.5, 0.6) is 5.75 Å². The summed E-state index contributed by atoms with van der Waals surface area (Å²) in [6, 6.07) is 76.7. The summed E-state index contributed by atoms with van der Waals surface area (Å²) in [6.07, 6.45) is 6.70. The molecule has 1 heteroatoms. The minimum absolute atomic E-state index is 0.268. The molecule has 0 saturated heterocycles. The molecule has 0 fully saturated rings. The van der Waals surface area contributed by atoms with E-state index in [1.165, 1.54) is 82.0 Å². The van der Waals surface area contributed by atoms with Crippen LogP contribution in [0.3, 0.4) is 0 Å². The molecule has 11 aromatic rings. The van der Waals surface area contributed by atoms with Crippen molar-refractivity contribution in [2.45, 2.75) is 12.8 Å². The monoisotopic (exact) mass is 802 g/mol. The number of hydrogen-bond acceptors (Lipinski definition) is 1. The third-order valence-corrected chi connectivity index (χ3v) is 13.2. The molecule has 1 N–H and O–H groups in total. The summed E-state index contributed by atoms with van der Waals surface area (Å²) in [5, 5.41) is 21.3. The molecule has 0 aliphatic heterocycles. The van der Waals surface area contributed by atoms with Crippen LogP contribution in [0, 0.1) is 0 Å². The van der Waals surface area contributed by atoms with Crippen molar-refractivity contribution in [3.63, 3.8) is 0 Å². The number of para-hydroxylation sites is 1. The number of phenols is 1. The Morgan fingerprint density at radius 2 is 0.889 bits per heavy atom. The molecule has 1 aliphatic rings. The summed E-state index contributed by atoms with van der Waals surface area (Å²) in [5.74, 6) is 0.268. The summed E-state index contributed by atoms with van der Waals surface area (Å²) >= 11 is 0. The molecule has 0 unspecified atom stereocenters. The average molecular weight is 803 g/mol. The van der Waals surface area contributed by atoms with Crippen LogP contribution in [0.4, 0.5) is 0 Å². The van der Waals surface area contributed by atoms with Gasteiger partial charge in [-0.2, -0.15) is 0 Å². The number of fused-ring (bicyclic) bond motifs is 6. The number of aromatic hydroxyl groups is 1. The molecule has 0 amide bonds. The highest BCUT2D eigenvalue weighted by Crippen LogP contribution is 2.49. The molecule has 0 bridgehead atoms.